The Bertz CT molecular complexity index is 2430. The number of hydrogen-bond acceptors (Lipinski definition) is 9. The Labute approximate surface area is 285 Å². The van der Waals surface area contributed by atoms with E-state index < -0.39 is 34.4 Å². The summed E-state index contributed by atoms with van der Waals surface area (Å²) in [6.45, 7) is 6.18. The third-order valence-electron chi connectivity index (χ3n) is 7.76. The summed E-state index contributed by atoms with van der Waals surface area (Å²) in [6.07, 6.45) is -4.88. The summed E-state index contributed by atoms with van der Waals surface area (Å²) in [5, 5.41) is 21.5. The monoisotopic (exact) mass is 704 g/mol. The second-order valence-electron chi connectivity index (χ2n) is 11.2. The van der Waals surface area contributed by atoms with Gasteiger partial charge in [-0.2, -0.15) is 18.4 Å². The smallest absolute Gasteiger partial charge is 0.417 e. The van der Waals surface area contributed by atoms with Gasteiger partial charge in [-0.3, -0.25) is 14.3 Å². The number of aromatic nitrogens is 5. The van der Waals surface area contributed by atoms with E-state index in [4.69, 9.17) is 16.3 Å². The molecule has 0 saturated heterocycles. The van der Waals surface area contributed by atoms with E-state index >= 15 is 0 Å². The molecule has 2 aromatic carbocycles. The molecule has 4 aromatic heterocycles. The number of rotatable bonds is 7. The number of benzene rings is 2. The van der Waals surface area contributed by atoms with E-state index in [-0.39, 0.29) is 47.0 Å². The molecule has 49 heavy (non-hydrogen) atoms. The summed E-state index contributed by atoms with van der Waals surface area (Å²) in [5.41, 5.74) is -0.707. The van der Waals surface area contributed by atoms with Crippen molar-refractivity contribution in [1.82, 2.24) is 24.5 Å². The van der Waals surface area contributed by atoms with Gasteiger partial charge in [0.05, 0.1) is 50.0 Å². The summed E-state index contributed by atoms with van der Waals surface area (Å²) in [5.74, 6) is -0.409. The van der Waals surface area contributed by atoms with E-state index in [0.717, 1.165) is 6.07 Å². The molecule has 6 aromatic rings. The van der Waals surface area contributed by atoms with Gasteiger partial charge < -0.3 is 9.84 Å². The van der Waals surface area contributed by atoms with Gasteiger partial charge in [0.15, 0.2) is 0 Å². The molecule has 0 fully saturated rings. The van der Waals surface area contributed by atoms with Crippen LogP contribution in [0.2, 0.25) is 5.02 Å². The number of halogens is 4. The molecule has 0 amide bonds. The zero-order chi connectivity index (χ0) is 35.4. The molecule has 4 heterocycles. The topological polar surface area (TPSA) is 144 Å². The van der Waals surface area contributed by atoms with Gasteiger partial charge in [-0.05, 0) is 64.1 Å². The minimum atomic E-state index is -4.88. The first-order valence-electron chi connectivity index (χ1n) is 14.6. The summed E-state index contributed by atoms with van der Waals surface area (Å²) in [7, 11) is 0. The lowest BCUT2D eigenvalue weighted by Gasteiger charge is -2.18. The van der Waals surface area contributed by atoms with Gasteiger partial charge in [0.1, 0.15) is 30.1 Å². The fourth-order valence-electron chi connectivity index (χ4n) is 5.77. The van der Waals surface area contributed by atoms with Crippen LogP contribution in [-0.4, -0.2) is 42.2 Å². The average molecular weight is 705 g/mol. The SMILES string of the molecule is Cc1cc(-c2c(C(F)(F)F)cc3nc(C)n(CCOc4ccc(Cl)cc4-c4cc(C)nc5c(C(=O)O)csc45)c(=O)c3c2C#N)nc(C)n1. The fraction of sp³-hybridized carbons (Fsp3) is 0.206. The quantitative estimate of drug-likeness (QED) is 0.177. The first-order valence-corrected chi connectivity index (χ1v) is 15.9. The van der Waals surface area contributed by atoms with E-state index in [1.807, 2.05) is 6.07 Å². The molecule has 0 bridgehead atoms. The standard InChI is InChI=1S/C34H24ClF3N6O4S/c1-15-9-21(31-30(41-15)23(14-49-31)33(46)47)20-11-19(35)5-6-27(20)48-8-7-44-18(4)43-26-12-24(34(36,37)38)28(22(13-39)29(26)32(44)45)25-10-16(2)40-17(3)42-25/h5-6,9-12,14H,7-8H2,1-4H3,(H,46,47). The van der Waals surface area contributed by atoms with Gasteiger partial charge in [0.2, 0.25) is 0 Å². The molecule has 1 N–H and O–H groups in total. The van der Waals surface area contributed by atoms with Gasteiger partial charge in [0, 0.05) is 38.5 Å². The average Bonchev–Trinajstić information content (AvgIpc) is 3.45. The van der Waals surface area contributed by atoms with Crippen molar-refractivity contribution >= 4 is 50.0 Å². The maximum absolute atomic E-state index is 14.4. The molecular weight excluding hydrogens is 681 g/mol. The van der Waals surface area contributed by atoms with Gasteiger partial charge in [-0.25, -0.2) is 19.7 Å². The van der Waals surface area contributed by atoms with Crippen LogP contribution in [0.15, 0.2) is 46.6 Å². The highest BCUT2D eigenvalue weighted by molar-refractivity contribution is 7.18. The highest BCUT2D eigenvalue weighted by atomic mass is 35.5. The maximum atomic E-state index is 14.4. The van der Waals surface area contributed by atoms with Crippen molar-refractivity contribution in [2.24, 2.45) is 0 Å². The number of hydrogen-bond donors (Lipinski definition) is 1. The van der Waals surface area contributed by atoms with E-state index in [1.54, 1.807) is 38.1 Å². The molecule has 10 nitrogen and oxygen atoms in total. The number of ether oxygens (including phenoxy) is 1. The Hall–Kier alpha value is -5.39. The molecule has 0 unspecified atom stereocenters. The Morgan fingerprint density at radius 1 is 1.04 bits per heavy atom. The van der Waals surface area contributed by atoms with Crippen molar-refractivity contribution in [2.45, 2.75) is 40.4 Å². The van der Waals surface area contributed by atoms with Crippen LogP contribution in [0, 0.1) is 39.0 Å². The molecule has 248 valence electrons. The maximum Gasteiger partial charge on any atom is 0.417 e. The fourth-order valence-corrected chi connectivity index (χ4v) is 6.96. The lowest BCUT2D eigenvalue weighted by molar-refractivity contribution is -0.137. The number of alkyl halides is 3. The molecule has 0 aliphatic rings. The highest BCUT2D eigenvalue weighted by Gasteiger charge is 2.37. The van der Waals surface area contributed by atoms with Crippen LogP contribution in [0.5, 0.6) is 5.75 Å². The molecule has 0 atom stereocenters. The number of aryl methyl sites for hydroxylation is 4. The predicted octanol–water partition coefficient (Wildman–Crippen LogP) is 7.68. The van der Waals surface area contributed by atoms with Crippen LogP contribution in [0.1, 0.15) is 44.5 Å². The Morgan fingerprint density at radius 3 is 2.45 bits per heavy atom. The van der Waals surface area contributed by atoms with Crippen LogP contribution >= 0.6 is 22.9 Å². The van der Waals surface area contributed by atoms with Crippen molar-refractivity contribution in [2.75, 3.05) is 6.61 Å². The van der Waals surface area contributed by atoms with Crippen LogP contribution < -0.4 is 10.3 Å². The number of aromatic carboxylic acids is 1. The molecule has 0 radical (unpaired) electrons. The normalized spacial score (nSPS) is 11.7. The predicted molar refractivity (Wildman–Crippen MR) is 178 cm³/mol. The Morgan fingerprint density at radius 2 is 1.78 bits per heavy atom. The number of thiophene rings is 1. The van der Waals surface area contributed by atoms with Gasteiger partial charge >= 0.3 is 12.1 Å². The third-order valence-corrected chi connectivity index (χ3v) is 9.00. The molecule has 0 spiro atoms. The number of pyridine rings is 1. The number of fused-ring (bicyclic) bond motifs is 2. The highest BCUT2D eigenvalue weighted by Crippen LogP contribution is 2.42. The Kier molecular flexibility index (Phi) is 8.60. The Balaban J connectivity index is 1.43. The summed E-state index contributed by atoms with van der Waals surface area (Å²) in [6, 6.07) is 10.7. The molecule has 15 heteroatoms. The van der Waals surface area contributed by atoms with Crippen LogP contribution in [0.4, 0.5) is 13.2 Å². The minimum Gasteiger partial charge on any atom is -0.491 e. The second-order valence-corrected chi connectivity index (χ2v) is 12.5. The van der Waals surface area contributed by atoms with E-state index in [2.05, 4.69) is 19.9 Å². The van der Waals surface area contributed by atoms with Crippen LogP contribution in [0.25, 0.3) is 43.5 Å². The minimum absolute atomic E-state index is 0.0698. The van der Waals surface area contributed by atoms with Crippen molar-refractivity contribution in [3.05, 3.63) is 96.9 Å². The number of carbonyl (C=O) groups is 1. The second kappa shape index (κ2) is 12.6. The van der Waals surface area contributed by atoms with E-state index in [1.165, 1.54) is 41.2 Å². The van der Waals surface area contributed by atoms with Crippen LogP contribution in [0.3, 0.4) is 0 Å². The van der Waals surface area contributed by atoms with Gasteiger partial charge in [-0.1, -0.05) is 11.6 Å². The number of nitriles is 1. The van der Waals surface area contributed by atoms with Crippen molar-refractivity contribution < 1.29 is 27.8 Å². The van der Waals surface area contributed by atoms with Crippen LogP contribution in [-0.2, 0) is 12.7 Å². The largest absolute Gasteiger partial charge is 0.491 e. The lowest BCUT2D eigenvalue weighted by atomic mass is 9.94. The zero-order valence-corrected chi connectivity index (χ0v) is 27.8. The van der Waals surface area contributed by atoms with Crippen molar-refractivity contribution in [3.63, 3.8) is 0 Å². The van der Waals surface area contributed by atoms with Crippen molar-refractivity contribution in [3.8, 4) is 34.2 Å². The first-order chi connectivity index (χ1) is 23.2. The summed E-state index contributed by atoms with van der Waals surface area (Å²) >= 11 is 7.58. The molecule has 0 saturated carbocycles. The number of carboxylic acids is 1. The molecule has 0 aliphatic heterocycles. The van der Waals surface area contributed by atoms with E-state index in [9.17, 15) is 33.1 Å². The van der Waals surface area contributed by atoms with Gasteiger partial charge in [0.25, 0.3) is 5.56 Å². The molecular formula is C34H24ClF3N6O4S. The molecule has 0 aliphatic carbocycles. The first kappa shape index (κ1) is 33.5. The number of carboxylic acid groups (broad SMARTS) is 1. The van der Waals surface area contributed by atoms with Crippen molar-refractivity contribution in [1.29, 1.82) is 5.26 Å². The number of nitrogens with zero attached hydrogens (tertiary/aromatic N) is 6. The summed E-state index contributed by atoms with van der Waals surface area (Å²) in [4.78, 5) is 42.8. The van der Waals surface area contributed by atoms with E-state index in [0.29, 0.717) is 43.5 Å². The molecule has 6 rings (SSSR count). The zero-order valence-electron chi connectivity index (χ0n) is 26.2. The van der Waals surface area contributed by atoms with Gasteiger partial charge in [-0.15, -0.1) is 11.3 Å². The third kappa shape index (κ3) is 6.18. The lowest BCUT2D eigenvalue weighted by Crippen LogP contribution is -2.27. The summed E-state index contributed by atoms with van der Waals surface area (Å²) < 4.78 is 51.2.